The summed E-state index contributed by atoms with van der Waals surface area (Å²) in [6.07, 6.45) is -3.11. The van der Waals surface area contributed by atoms with Crippen LogP contribution in [-0.2, 0) is 17.5 Å². The zero-order chi connectivity index (χ0) is 41.2. The maximum absolute atomic E-state index is 14.2. The van der Waals surface area contributed by atoms with Crippen LogP contribution in [0.5, 0.6) is 0 Å². The number of nitrogens with one attached hydrogen (secondary N) is 2. The number of likely N-dealkylation sites (N-methyl/N-ethyl adjacent to an activating group) is 1. The third-order valence-corrected chi connectivity index (χ3v) is 10.5. The Labute approximate surface area is 336 Å². The van der Waals surface area contributed by atoms with Gasteiger partial charge in [-0.05, 0) is 118 Å². The number of hydrogen-bond donors (Lipinski definition) is 2. The molecule has 0 spiro atoms. The van der Waals surface area contributed by atoms with Gasteiger partial charge in [0.2, 0.25) is 5.95 Å². The zero-order valence-corrected chi connectivity index (χ0v) is 33.5. The molecule has 2 amide bonds. The van der Waals surface area contributed by atoms with E-state index in [0.29, 0.717) is 50.8 Å². The summed E-state index contributed by atoms with van der Waals surface area (Å²) in [7, 11) is 2.00. The van der Waals surface area contributed by atoms with E-state index >= 15 is 0 Å². The van der Waals surface area contributed by atoms with Crippen molar-refractivity contribution in [2.45, 2.75) is 46.0 Å². The number of benzene rings is 4. The van der Waals surface area contributed by atoms with Crippen LogP contribution in [0.2, 0.25) is 0 Å². The second-order valence-electron chi connectivity index (χ2n) is 16.0. The molecule has 58 heavy (non-hydrogen) atoms. The van der Waals surface area contributed by atoms with E-state index in [1.807, 2.05) is 88.2 Å². The van der Waals surface area contributed by atoms with Gasteiger partial charge in [0, 0.05) is 93.1 Å². The predicted octanol–water partition coefficient (Wildman–Crippen LogP) is 8.42. The number of anilines is 4. The normalized spacial score (nSPS) is 15.7. The molecular weight excluding hydrogens is 746 g/mol. The maximum Gasteiger partial charge on any atom is 0.416 e. The van der Waals surface area contributed by atoms with Crippen LogP contribution < -0.4 is 15.5 Å². The maximum atomic E-state index is 14.2. The van der Waals surface area contributed by atoms with Crippen molar-refractivity contribution in [1.29, 1.82) is 0 Å². The van der Waals surface area contributed by atoms with Crippen LogP contribution in [0.15, 0.2) is 85.1 Å². The van der Waals surface area contributed by atoms with Gasteiger partial charge in [0.25, 0.3) is 5.91 Å². The largest absolute Gasteiger partial charge is 0.444 e. The van der Waals surface area contributed by atoms with E-state index in [-0.39, 0.29) is 23.9 Å². The number of aryl methyl sites for hydroxylation is 1. The minimum atomic E-state index is -4.56. The molecule has 0 radical (unpaired) electrons. The number of amides is 2. The molecule has 2 fully saturated rings. The number of aromatic nitrogens is 2. The lowest BCUT2D eigenvalue weighted by Crippen LogP contribution is -2.50. The van der Waals surface area contributed by atoms with E-state index in [1.165, 1.54) is 12.1 Å². The van der Waals surface area contributed by atoms with Crippen molar-refractivity contribution in [3.63, 3.8) is 0 Å². The zero-order valence-electron chi connectivity index (χ0n) is 33.5. The molecule has 2 aliphatic rings. The van der Waals surface area contributed by atoms with Gasteiger partial charge in [0.05, 0.1) is 11.1 Å². The lowest BCUT2D eigenvalue weighted by molar-refractivity contribution is -0.138. The summed E-state index contributed by atoms with van der Waals surface area (Å²) in [5, 5.41) is 6.77. The molecule has 304 valence electrons. The summed E-state index contributed by atoms with van der Waals surface area (Å²) in [5.74, 6) is -0.0651. The Bertz CT molecular complexity index is 2280. The number of piperazine rings is 2. The first kappa shape index (κ1) is 40.5. The van der Waals surface area contributed by atoms with Crippen molar-refractivity contribution < 1.29 is 27.5 Å². The van der Waals surface area contributed by atoms with E-state index in [4.69, 9.17) is 9.72 Å². The van der Waals surface area contributed by atoms with Gasteiger partial charge in [0.15, 0.2) is 0 Å². The number of carbonyl (C=O) groups is 2. The molecule has 14 heteroatoms. The summed E-state index contributed by atoms with van der Waals surface area (Å²) in [4.78, 5) is 43.3. The summed E-state index contributed by atoms with van der Waals surface area (Å²) >= 11 is 0. The van der Waals surface area contributed by atoms with Crippen LogP contribution in [0.1, 0.15) is 47.8 Å². The van der Waals surface area contributed by atoms with E-state index in [0.717, 1.165) is 58.1 Å². The monoisotopic (exact) mass is 794 g/mol. The van der Waals surface area contributed by atoms with Crippen molar-refractivity contribution in [1.82, 2.24) is 24.7 Å². The SMILES string of the molecule is Cc1ccc(C(=O)Nc2ccc(CN3CCN(C)CC3)c(C(F)(F)F)c2)cc1-c1ccc2nc(Nc3ccc(N4CCN(C(=O)OC(C)(C)C)CC4)cc3)ncc2c1. The standard InChI is InChI=1S/C44H49F3N8O3/c1-29-6-7-31(40(56)49-35-10-8-32(38(26-35)44(45,46)47)28-53-18-16-52(5)17-19-53)25-37(29)30-9-15-39-33(24-30)27-48-41(51-39)50-34-11-13-36(14-12-34)54-20-22-55(23-21-54)42(57)58-43(2,3)4/h6-15,24-27H,16-23,28H2,1-5H3,(H,49,56)(H,48,50,51). The van der Waals surface area contributed by atoms with Gasteiger partial charge in [-0.25, -0.2) is 14.8 Å². The summed E-state index contributed by atoms with van der Waals surface area (Å²) < 4.78 is 48.1. The first-order chi connectivity index (χ1) is 27.6. The molecule has 2 saturated heterocycles. The number of rotatable bonds is 8. The molecule has 5 aromatic rings. The molecular formula is C44H49F3N8O3. The lowest BCUT2D eigenvalue weighted by Gasteiger charge is -2.36. The number of carbonyl (C=O) groups excluding carboxylic acids is 2. The Balaban J connectivity index is 0.994. The average Bonchev–Trinajstić information content (AvgIpc) is 3.18. The van der Waals surface area contributed by atoms with E-state index < -0.39 is 23.2 Å². The summed E-state index contributed by atoms with van der Waals surface area (Å²) in [5.41, 5.74) is 4.51. The first-order valence-corrected chi connectivity index (χ1v) is 19.5. The van der Waals surface area contributed by atoms with Crippen LogP contribution >= 0.6 is 0 Å². The Kier molecular flexibility index (Phi) is 11.6. The Morgan fingerprint density at radius 3 is 2.21 bits per heavy atom. The molecule has 7 rings (SSSR count). The van der Waals surface area contributed by atoms with Gasteiger partial charge in [-0.1, -0.05) is 18.2 Å². The van der Waals surface area contributed by atoms with Crippen molar-refractivity contribution in [2.75, 3.05) is 74.9 Å². The molecule has 0 unspecified atom stereocenters. The van der Waals surface area contributed by atoms with Crippen LogP contribution in [0, 0.1) is 6.92 Å². The molecule has 2 aliphatic heterocycles. The van der Waals surface area contributed by atoms with Crippen LogP contribution in [0.25, 0.3) is 22.0 Å². The van der Waals surface area contributed by atoms with Crippen molar-refractivity contribution in [3.05, 3.63) is 107 Å². The quantitative estimate of drug-likeness (QED) is 0.160. The fourth-order valence-corrected chi connectivity index (χ4v) is 7.20. The predicted molar refractivity (Wildman–Crippen MR) is 222 cm³/mol. The topological polar surface area (TPSA) is 106 Å². The van der Waals surface area contributed by atoms with Crippen molar-refractivity contribution in [2.24, 2.45) is 0 Å². The highest BCUT2D eigenvalue weighted by Crippen LogP contribution is 2.35. The molecule has 0 bridgehead atoms. The molecule has 2 N–H and O–H groups in total. The average molecular weight is 795 g/mol. The Morgan fingerprint density at radius 2 is 1.52 bits per heavy atom. The second-order valence-corrected chi connectivity index (χ2v) is 16.0. The van der Waals surface area contributed by atoms with E-state index in [2.05, 4.69) is 25.4 Å². The molecule has 0 atom stereocenters. The third kappa shape index (κ3) is 9.86. The summed E-state index contributed by atoms with van der Waals surface area (Å²) in [6, 6.07) is 23.0. The molecule has 1 aromatic heterocycles. The Hall–Kier alpha value is -5.73. The number of halogens is 3. The number of fused-ring (bicyclic) bond motifs is 1. The smallest absolute Gasteiger partial charge is 0.416 e. The first-order valence-electron chi connectivity index (χ1n) is 19.5. The van der Waals surface area contributed by atoms with Gasteiger partial charge in [-0.3, -0.25) is 9.69 Å². The fourth-order valence-electron chi connectivity index (χ4n) is 7.20. The molecule has 3 heterocycles. The highest BCUT2D eigenvalue weighted by molar-refractivity contribution is 6.05. The minimum Gasteiger partial charge on any atom is -0.444 e. The number of nitrogens with zero attached hydrogens (tertiary/aromatic N) is 6. The number of alkyl halides is 3. The fraction of sp³-hybridized carbons (Fsp3) is 0.364. The molecule has 11 nitrogen and oxygen atoms in total. The van der Waals surface area contributed by atoms with Gasteiger partial charge in [-0.15, -0.1) is 0 Å². The van der Waals surface area contributed by atoms with Crippen LogP contribution in [-0.4, -0.2) is 102 Å². The number of ether oxygens (including phenoxy) is 1. The highest BCUT2D eigenvalue weighted by atomic mass is 19.4. The third-order valence-electron chi connectivity index (χ3n) is 10.5. The minimum absolute atomic E-state index is 0.0833. The van der Waals surface area contributed by atoms with Gasteiger partial charge < -0.3 is 30.1 Å². The Morgan fingerprint density at radius 1 is 0.810 bits per heavy atom. The van der Waals surface area contributed by atoms with Gasteiger partial charge in [-0.2, -0.15) is 13.2 Å². The van der Waals surface area contributed by atoms with Crippen molar-refractivity contribution >= 4 is 45.9 Å². The van der Waals surface area contributed by atoms with Crippen LogP contribution in [0.3, 0.4) is 0 Å². The molecule has 0 aliphatic carbocycles. The van der Waals surface area contributed by atoms with Crippen molar-refractivity contribution in [3.8, 4) is 11.1 Å². The second kappa shape index (κ2) is 16.6. The van der Waals surface area contributed by atoms with E-state index in [9.17, 15) is 22.8 Å². The van der Waals surface area contributed by atoms with E-state index in [1.54, 1.807) is 23.2 Å². The summed E-state index contributed by atoms with van der Waals surface area (Å²) in [6.45, 7) is 13.3. The molecule has 4 aromatic carbocycles. The van der Waals surface area contributed by atoms with Gasteiger partial charge >= 0.3 is 12.3 Å². The van der Waals surface area contributed by atoms with Crippen LogP contribution in [0.4, 0.5) is 41.0 Å². The number of hydrogen-bond acceptors (Lipinski definition) is 9. The van der Waals surface area contributed by atoms with Gasteiger partial charge in [0.1, 0.15) is 5.60 Å². The highest BCUT2D eigenvalue weighted by Gasteiger charge is 2.34. The lowest BCUT2D eigenvalue weighted by atomic mass is 9.96. The molecule has 0 saturated carbocycles.